The van der Waals surface area contributed by atoms with Gasteiger partial charge in [0.15, 0.2) is 5.69 Å². The minimum Gasteiger partial charge on any atom is -0.493 e. The standard InChI is InChI=1S/C21H24N4O2S/c1-21(2,3)14-8-10-15(11-9-14)27-13-12-25-17-7-5-4-6-16(17)18(19(25)26)23-24-20(22)28/h4-11,26H,12-13H2,1-3H3,(H2,22,28). The third-order valence-corrected chi connectivity index (χ3v) is 4.55. The molecule has 0 atom stereocenters. The summed E-state index contributed by atoms with van der Waals surface area (Å²) in [6.45, 7) is 7.38. The number of hydrogen-bond donors (Lipinski definition) is 2. The number of nitrogens with zero attached hydrogens (tertiary/aromatic N) is 3. The zero-order valence-electron chi connectivity index (χ0n) is 16.2. The van der Waals surface area contributed by atoms with Gasteiger partial charge in [-0.1, -0.05) is 51.1 Å². The first kappa shape index (κ1) is 19.8. The highest BCUT2D eigenvalue weighted by molar-refractivity contribution is 7.80. The molecule has 2 aromatic carbocycles. The fourth-order valence-electron chi connectivity index (χ4n) is 3.00. The Hall–Kier alpha value is -2.93. The highest BCUT2D eigenvalue weighted by atomic mass is 32.1. The molecule has 146 valence electrons. The Kier molecular flexibility index (Phi) is 5.65. The average Bonchev–Trinajstić information content (AvgIpc) is 2.91. The summed E-state index contributed by atoms with van der Waals surface area (Å²) in [5.74, 6) is 0.797. The molecule has 0 fully saturated rings. The fraction of sp³-hybridized carbons (Fsp3) is 0.286. The summed E-state index contributed by atoms with van der Waals surface area (Å²) >= 11 is 4.73. The van der Waals surface area contributed by atoms with Gasteiger partial charge in [0.1, 0.15) is 12.4 Å². The van der Waals surface area contributed by atoms with Gasteiger partial charge in [0.05, 0.1) is 12.1 Å². The van der Waals surface area contributed by atoms with E-state index in [1.165, 1.54) is 5.56 Å². The van der Waals surface area contributed by atoms with Crippen LogP contribution in [0.3, 0.4) is 0 Å². The van der Waals surface area contributed by atoms with Gasteiger partial charge in [-0.2, -0.15) is 0 Å². The molecule has 0 aliphatic rings. The van der Waals surface area contributed by atoms with Crippen molar-refractivity contribution in [2.75, 3.05) is 6.61 Å². The summed E-state index contributed by atoms with van der Waals surface area (Å²) in [5, 5.41) is 19.0. The third-order valence-electron chi connectivity index (χ3n) is 4.47. The molecule has 28 heavy (non-hydrogen) atoms. The number of aromatic nitrogens is 1. The van der Waals surface area contributed by atoms with Gasteiger partial charge in [-0.15, -0.1) is 10.2 Å². The monoisotopic (exact) mass is 396 g/mol. The van der Waals surface area contributed by atoms with Crippen molar-refractivity contribution in [3.05, 3.63) is 54.1 Å². The van der Waals surface area contributed by atoms with Crippen LogP contribution in [0.25, 0.3) is 10.9 Å². The molecule has 1 heterocycles. The van der Waals surface area contributed by atoms with Crippen molar-refractivity contribution >= 4 is 33.9 Å². The van der Waals surface area contributed by atoms with Crippen LogP contribution in [-0.2, 0) is 12.0 Å². The smallest absolute Gasteiger partial charge is 0.220 e. The molecule has 0 spiro atoms. The molecule has 3 N–H and O–H groups in total. The molecule has 3 rings (SSSR count). The van der Waals surface area contributed by atoms with Crippen LogP contribution in [-0.4, -0.2) is 21.4 Å². The van der Waals surface area contributed by atoms with Gasteiger partial charge in [-0.3, -0.25) is 0 Å². The maximum Gasteiger partial charge on any atom is 0.220 e. The Balaban J connectivity index is 1.77. The number of ether oxygens (including phenoxy) is 1. The Morgan fingerprint density at radius 2 is 1.82 bits per heavy atom. The van der Waals surface area contributed by atoms with Crippen molar-refractivity contribution in [3.8, 4) is 11.6 Å². The van der Waals surface area contributed by atoms with Gasteiger partial charge >= 0.3 is 0 Å². The highest BCUT2D eigenvalue weighted by Crippen LogP contribution is 2.38. The number of benzene rings is 2. The highest BCUT2D eigenvalue weighted by Gasteiger charge is 2.16. The van der Waals surface area contributed by atoms with E-state index < -0.39 is 0 Å². The van der Waals surface area contributed by atoms with Gasteiger partial charge in [0.2, 0.25) is 11.0 Å². The van der Waals surface area contributed by atoms with Crippen molar-refractivity contribution in [3.63, 3.8) is 0 Å². The van der Waals surface area contributed by atoms with Crippen molar-refractivity contribution in [1.29, 1.82) is 0 Å². The summed E-state index contributed by atoms with van der Waals surface area (Å²) in [6, 6.07) is 15.6. The van der Waals surface area contributed by atoms with Gasteiger partial charge in [-0.25, -0.2) is 0 Å². The SMILES string of the molecule is CC(C)(C)c1ccc(OCCn2c(O)c(N=NC(N)=S)c3ccccc32)cc1. The molecule has 0 unspecified atom stereocenters. The van der Waals surface area contributed by atoms with Crippen molar-refractivity contribution < 1.29 is 9.84 Å². The average molecular weight is 397 g/mol. The lowest BCUT2D eigenvalue weighted by atomic mass is 9.87. The molecule has 0 radical (unpaired) electrons. The Labute approximate surface area is 169 Å². The molecule has 0 saturated carbocycles. The molecule has 3 aromatic rings. The quantitative estimate of drug-likeness (QED) is 0.467. The molecular weight excluding hydrogens is 372 g/mol. The van der Waals surface area contributed by atoms with E-state index in [4.69, 9.17) is 22.7 Å². The van der Waals surface area contributed by atoms with Crippen LogP contribution in [0.15, 0.2) is 58.8 Å². The molecule has 7 heteroatoms. The number of hydrogen-bond acceptors (Lipinski definition) is 4. The van der Waals surface area contributed by atoms with Crippen LogP contribution in [0, 0.1) is 0 Å². The van der Waals surface area contributed by atoms with E-state index in [1.54, 1.807) is 4.57 Å². The molecule has 0 saturated heterocycles. The number of azo groups is 1. The van der Waals surface area contributed by atoms with Gasteiger partial charge in [0, 0.05) is 5.39 Å². The predicted molar refractivity (Wildman–Crippen MR) is 116 cm³/mol. The van der Waals surface area contributed by atoms with Crippen LogP contribution < -0.4 is 10.5 Å². The van der Waals surface area contributed by atoms with Crippen molar-refractivity contribution in [2.45, 2.75) is 32.7 Å². The second-order valence-corrected chi connectivity index (χ2v) is 7.92. The van der Waals surface area contributed by atoms with Crippen LogP contribution in [0.2, 0.25) is 0 Å². The summed E-state index contributed by atoms with van der Waals surface area (Å²) in [7, 11) is 0. The second-order valence-electron chi connectivity index (χ2n) is 7.50. The molecular formula is C21H24N4O2S. The topological polar surface area (TPSA) is 85.1 Å². The fourth-order valence-corrected chi connectivity index (χ4v) is 3.04. The minimum atomic E-state index is -0.0849. The molecule has 0 amide bonds. The van der Waals surface area contributed by atoms with Crippen LogP contribution in [0.5, 0.6) is 11.6 Å². The normalized spacial score (nSPS) is 12.0. The molecule has 1 aromatic heterocycles. The van der Waals surface area contributed by atoms with Crippen LogP contribution >= 0.6 is 12.2 Å². The minimum absolute atomic E-state index is 0.00730. The first-order chi connectivity index (χ1) is 13.3. The van der Waals surface area contributed by atoms with Crippen molar-refractivity contribution in [1.82, 2.24) is 4.57 Å². The summed E-state index contributed by atoms with van der Waals surface area (Å²) in [4.78, 5) is 0. The Bertz CT molecular complexity index is 1020. The summed E-state index contributed by atoms with van der Waals surface area (Å²) in [6.07, 6.45) is 0. The van der Waals surface area contributed by atoms with Crippen molar-refractivity contribution in [2.24, 2.45) is 16.0 Å². The van der Waals surface area contributed by atoms with E-state index in [0.29, 0.717) is 18.8 Å². The summed E-state index contributed by atoms with van der Waals surface area (Å²) < 4.78 is 7.61. The molecule has 6 nitrogen and oxygen atoms in total. The number of aromatic hydroxyl groups is 1. The predicted octanol–water partition coefficient (Wildman–Crippen LogP) is 5.05. The first-order valence-electron chi connectivity index (χ1n) is 9.02. The molecule has 0 aliphatic carbocycles. The lowest BCUT2D eigenvalue weighted by Crippen LogP contribution is -2.11. The lowest BCUT2D eigenvalue weighted by molar-refractivity contribution is 0.290. The van der Waals surface area contributed by atoms with E-state index in [2.05, 4.69) is 43.1 Å². The van der Waals surface area contributed by atoms with E-state index in [9.17, 15) is 5.11 Å². The molecule has 0 bridgehead atoms. The summed E-state index contributed by atoms with van der Waals surface area (Å²) in [5.41, 5.74) is 7.92. The maximum absolute atomic E-state index is 10.6. The maximum atomic E-state index is 10.6. The van der Waals surface area contributed by atoms with Crippen LogP contribution in [0.4, 0.5) is 5.69 Å². The van der Waals surface area contributed by atoms with Gasteiger partial charge in [-0.05, 0) is 41.4 Å². The van der Waals surface area contributed by atoms with E-state index in [1.807, 2.05) is 36.4 Å². The number of fused-ring (bicyclic) bond motifs is 1. The second kappa shape index (κ2) is 7.98. The first-order valence-corrected chi connectivity index (χ1v) is 9.43. The number of nitrogens with two attached hydrogens (primary N) is 1. The van der Waals surface area contributed by atoms with Crippen LogP contribution in [0.1, 0.15) is 26.3 Å². The van der Waals surface area contributed by atoms with E-state index in [0.717, 1.165) is 16.7 Å². The molecule has 0 aliphatic heterocycles. The number of rotatable bonds is 5. The number of thiocarbonyl (C=S) groups is 1. The van der Waals surface area contributed by atoms with E-state index >= 15 is 0 Å². The van der Waals surface area contributed by atoms with E-state index in [-0.39, 0.29) is 16.4 Å². The zero-order chi connectivity index (χ0) is 20.3. The number of para-hydroxylation sites is 1. The third kappa shape index (κ3) is 4.31. The van der Waals surface area contributed by atoms with Gasteiger partial charge < -0.3 is 20.1 Å². The van der Waals surface area contributed by atoms with Gasteiger partial charge in [0.25, 0.3) is 0 Å². The Morgan fingerprint density at radius 3 is 2.46 bits per heavy atom. The largest absolute Gasteiger partial charge is 0.493 e. The lowest BCUT2D eigenvalue weighted by Gasteiger charge is -2.19. The Morgan fingerprint density at radius 1 is 1.14 bits per heavy atom. The zero-order valence-corrected chi connectivity index (χ0v) is 17.0.